The van der Waals surface area contributed by atoms with Gasteiger partial charge in [-0.2, -0.15) is 0 Å². The van der Waals surface area contributed by atoms with Crippen LogP contribution in [-0.4, -0.2) is 29.4 Å². The number of amides is 2. The standard InChI is InChI=1S/C12H15N3O2/c13-11(16)10-7-4-8-15(10)14-12(17)9-5-2-1-3-6-9/h1-3,5-6,10H,4,7-8H2,(H2,13,16)(H,14,17). The van der Waals surface area contributed by atoms with Gasteiger partial charge in [0.2, 0.25) is 5.91 Å². The Kier molecular flexibility index (Phi) is 3.39. The number of nitrogens with one attached hydrogen (secondary N) is 1. The molecule has 1 saturated heterocycles. The Hall–Kier alpha value is -1.88. The summed E-state index contributed by atoms with van der Waals surface area (Å²) in [5.41, 5.74) is 8.56. The molecule has 0 bridgehead atoms. The molecule has 0 spiro atoms. The average molecular weight is 233 g/mol. The number of carbonyl (C=O) groups excluding carboxylic acids is 2. The van der Waals surface area contributed by atoms with Gasteiger partial charge in [-0.3, -0.25) is 15.0 Å². The second kappa shape index (κ2) is 4.97. The topological polar surface area (TPSA) is 75.4 Å². The second-order valence-corrected chi connectivity index (χ2v) is 4.06. The summed E-state index contributed by atoms with van der Waals surface area (Å²) in [6.07, 6.45) is 1.56. The Balaban J connectivity index is 2.02. The minimum Gasteiger partial charge on any atom is -0.368 e. The first-order chi connectivity index (χ1) is 8.18. The zero-order valence-electron chi connectivity index (χ0n) is 9.43. The zero-order chi connectivity index (χ0) is 12.3. The van der Waals surface area contributed by atoms with Crippen molar-refractivity contribution >= 4 is 11.8 Å². The first-order valence-electron chi connectivity index (χ1n) is 5.60. The molecule has 0 aliphatic carbocycles. The number of hydrazine groups is 1. The molecule has 90 valence electrons. The van der Waals surface area contributed by atoms with Crippen molar-refractivity contribution < 1.29 is 9.59 Å². The maximum atomic E-state index is 11.9. The lowest BCUT2D eigenvalue weighted by atomic mass is 10.2. The van der Waals surface area contributed by atoms with Gasteiger partial charge in [0.15, 0.2) is 0 Å². The van der Waals surface area contributed by atoms with E-state index in [9.17, 15) is 9.59 Å². The molecule has 1 aliphatic heterocycles. The van der Waals surface area contributed by atoms with Crippen molar-refractivity contribution in [2.24, 2.45) is 5.73 Å². The fraction of sp³-hybridized carbons (Fsp3) is 0.333. The van der Waals surface area contributed by atoms with Crippen molar-refractivity contribution in [1.29, 1.82) is 0 Å². The molecular weight excluding hydrogens is 218 g/mol. The molecule has 1 aromatic carbocycles. The Labute approximate surface area is 99.6 Å². The lowest BCUT2D eigenvalue weighted by Crippen LogP contribution is -2.50. The normalized spacial score (nSPS) is 20.1. The highest BCUT2D eigenvalue weighted by Gasteiger charge is 2.30. The average Bonchev–Trinajstić information content (AvgIpc) is 2.78. The van der Waals surface area contributed by atoms with Gasteiger partial charge in [0.1, 0.15) is 6.04 Å². The third kappa shape index (κ3) is 2.62. The molecule has 1 fully saturated rings. The Morgan fingerprint density at radius 3 is 2.65 bits per heavy atom. The highest BCUT2D eigenvalue weighted by molar-refractivity contribution is 5.94. The Bertz CT molecular complexity index is 419. The summed E-state index contributed by atoms with van der Waals surface area (Å²) in [7, 11) is 0. The number of benzene rings is 1. The lowest BCUT2D eigenvalue weighted by Gasteiger charge is -2.22. The molecule has 2 rings (SSSR count). The number of hydrogen-bond donors (Lipinski definition) is 2. The first kappa shape index (κ1) is 11.6. The number of nitrogens with zero attached hydrogens (tertiary/aromatic N) is 1. The highest BCUT2D eigenvalue weighted by Crippen LogP contribution is 2.14. The van der Waals surface area contributed by atoms with Gasteiger partial charge in [0, 0.05) is 12.1 Å². The van der Waals surface area contributed by atoms with Crippen LogP contribution in [0.4, 0.5) is 0 Å². The molecule has 0 saturated carbocycles. The first-order valence-corrected chi connectivity index (χ1v) is 5.60. The summed E-state index contributed by atoms with van der Waals surface area (Å²) in [5.74, 6) is -0.602. The summed E-state index contributed by atoms with van der Waals surface area (Å²) < 4.78 is 0. The van der Waals surface area contributed by atoms with Crippen molar-refractivity contribution in [3.05, 3.63) is 35.9 Å². The third-order valence-electron chi connectivity index (χ3n) is 2.86. The van der Waals surface area contributed by atoms with Gasteiger partial charge in [-0.15, -0.1) is 0 Å². The fourth-order valence-electron chi connectivity index (χ4n) is 1.98. The maximum Gasteiger partial charge on any atom is 0.265 e. The molecule has 17 heavy (non-hydrogen) atoms. The van der Waals surface area contributed by atoms with Gasteiger partial charge in [-0.25, -0.2) is 5.01 Å². The van der Waals surface area contributed by atoms with Crippen molar-refractivity contribution in [2.75, 3.05) is 6.54 Å². The van der Waals surface area contributed by atoms with Crippen LogP contribution in [0.2, 0.25) is 0 Å². The smallest absolute Gasteiger partial charge is 0.265 e. The van der Waals surface area contributed by atoms with Gasteiger partial charge in [0.05, 0.1) is 0 Å². The zero-order valence-corrected chi connectivity index (χ0v) is 9.43. The number of hydrogen-bond acceptors (Lipinski definition) is 3. The molecule has 1 unspecified atom stereocenters. The van der Waals surface area contributed by atoms with Crippen LogP contribution in [0, 0.1) is 0 Å². The monoisotopic (exact) mass is 233 g/mol. The molecule has 1 aromatic rings. The van der Waals surface area contributed by atoms with Crippen LogP contribution in [0.3, 0.4) is 0 Å². The molecule has 1 heterocycles. The van der Waals surface area contributed by atoms with Gasteiger partial charge >= 0.3 is 0 Å². The minimum atomic E-state index is -0.393. The minimum absolute atomic E-state index is 0.209. The van der Waals surface area contributed by atoms with Crippen LogP contribution in [-0.2, 0) is 4.79 Å². The maximum absolute atomic E-state index is 11.9. The number of nitrogens with two attached hydrogens (primary N) is 1. The predicted octanol–water partition coefficient (Wildman–Crippen LogP) is 0.281. The molecule has 5 nitrogen and oxygen atoms in total. The van der Waals surface area contributed by atoms with Crippen molar-refractivity contribution in [3.63, 3.8) is 0 Å². The van der Waals surface area contributed by atoms with Crippen LogP contribution in [0.5, 0.6) is 0 Å². The summed E-state index contributed by atoms with van der Waals surface area (Å²) in [6, 6.07) is 8.51. The highest BCUT2D eigenvalue weighted by atomic mass is 16.2. The van der Waals surface area contributed by atoms with Crippen LogP contribution in [0.1, 0.15) is 23.2 Å². The molecule has 3 N–H and O–H groups in total. The van der Waals surface area contributed by atoms with Gasteiger partial charge in [-0.05, 0) is 25.0 Å². The van der Waals surface area contributed by atoms with Crippen LogP contribution in [0.15, 0.2) is 30.3 Å². The Morgan fingerprint density at radius 2 is 2.00 bits per heavy atom. The van der Waals surface area contributed by atoms with Gasteiger partial charge in [0.25, 0.3) is 5.91 Å². The molecule has 0 aromatic heterocycles. The van der Waals surface area contributed by atoms with E-state index in [1.807, 2.05) is 6.07 Å². The molecule has 5 heteroatoms. The largest absolute Gasteiger partial charge is 0.368 e. The predicted molar refractivity (Wildman–Crippen MR) is 62.8 cm³/mol. The molecule has 2 amide bonds. The van der Waals surface area contributed by atoms with Gasteiger partial charge in [-0.1, -0.05) is 18.2 Å². The van der Waals surface area contributed by atoms with E-state index in [0.717, 1.165) is 6.42 Å². The number of primary amides is 1. The SMILES string of the molecule is NC(=O)C1CCCN1NC(=O)c1ccccc1. The van der Waals surface area contributed by atoms with E-state index in [1.165, 1.54) is 0 Å². The molecule has 1 atom stereocenters. The van der Waals surface area contributed by atoms with Crippen molar-refractivity contribution in [3.8, 4) is 0 Å². The summed E-state index contributed by atoms with van der Waals surface area (Å²) in [6.45, 7) is 0.659. The van der Waals surface area contributed by atoms with Gasteiger partial charge < -0.3 is 5.73 Å². The third-order valence-corrected chi connectivity index (χ3v) is 2.86. The number of rotatable bonds is 3. The number of carbonyl (C=O) groups is 2. The van der Waals surface area contributed by atoms with Crippen molar-refractivity contribution in [2.45, 2.75) is 18.9 Å². The van der Waals surface area contributed by atoms with E-state index in [0.29, 0.717) is 18.5 Å². The van der Waals surface area contributed by atoms with E-state index in [2.05, 4.69) is 5.43 Å². The summed E-state index contributed by atoms with van der Waals surface area (Å²) >= 11 is 0. The summed E-state index contributed by atoms with van der Waals surface area (Å²) in [4.78, 5) is 23.0. The van der Waals surface area contributed by atoms with Crippen LogP contribution < -0.4 is 11.2 Å². The lowest BCUT2D eigenvalue weighted by molar-refractivity contribution is -0.122. The molecule has 0 radical (unpaired) electrons. The summed E-state index contributed by atoms with van der Waals surface area (Å²) in [5, 5.41) is 1.62. The molecular formula is C12H15N3O2. The Morgan fingerprint density at radius 1 is 1.29 bits per heavy atom. The van der Waals surface area contributed by atoms with Crippen LogP contribution in [0.25, 0.3) is 0 Å². The fourth-order valence-corrected chi connectivity index (χ4v) is 1.98. The van der Waals surface area contributed by atoms with E-state index in [-0.39, 0.29) is 11.9 Å². The van der Waals surface area contributed by atoms with E-state index in [4.69, 9.17) is 5.73 Å². The van der Waals surface area contributed by atoms with E-state index in [1.54, 1.807) is 29.3 Å². The van der Waals surface area contributed by atoms with Crippen molar-refractivity contribution in [1.82, 2.24) is 10.4 Å². The quantitative estimate of drug-likeness (QED) is 0.787. The van der Waals surface area contributed by atoms with Crippen LogP contribution >= 0.6 is 0 Å². The van der Waals surface area contributed by atoms with E-state index >= 15 is 0 Å². The molecule has 1 aliphatic rings. The van der Waals surface area contributed by atoms with E-state index < -0.39 is 5.91 Å². The second-order valence-electron chi connectivity index (χ2n) is 4.06.